The predicted octanol–water partition coefficient (Wildman–Crippen LogP) is 3.69. The average molecular weight is 360 g/mol. The van der Waals surface area contributed by atoms with E-state index >= 15 is 0 Å². The van der Waals surface area contributed by atoms with E-state index in [1.165, 1.54) is 64.2 Å². The Morgan fingerprint density at radius 2 is 1.58 bits per heavy atom. The molecule has 6 aliphatic rings. The monoisotopic (exact) mass is 359 g/mol. The van der Waals surface area contributed by atoms with Gasteiger partial charge in [0.05, 0.1) is 0 Å². The summed E-state index contributed by atoms with van der Waals surface area (Å²) in [6.07, 6.45) is 13.8. The van der Waals surface area contributed by atoms with Crippen molar-refractivity contribution in [2.45, 2.75) is 70.6 Å². The number of nitrogens with one attached hydrogen (secondary N) is 1. The maximum Gasteiger partial charge on any atom is 0.306 e. The van der Waals surface area contributed by atoms with E-state index in [-0.39, 0.29) is 18.5 Å². The smallest absolute Gasteiger partial charge is 0.306 e. The maximum absolute atomic E-state index is 12.2. The Hall–Kier alpha value is -1.06. The highest BCUT2D eigenvalue weighted by atomic mass is 16.5. The Bertz CT molecular complexity index is 551. The number of esters is 1. The molecule has 0 aliphatic heterocycles. The van der Waals surface area contributed by atoms with Gasteiger partial charge in [-0.15, -0.1) is 0 Å². The van der Waals surface area contributed by atoms with E-state index in [1.807, 2.05) is 0 Å². The molecule has 0 spiro atoms. The number of hydrogen-bond acceptors (Lipinski definition) is 3. The molecule has 6 saturated carbocycles. The molecule has 3 atom stereocenters. The van der Waals surface area contributed by atoms with Crippen LogP contribution >= 0.6 is 0 Å². The molecular weight excluding hydrogens is 326 g/mol. The van der Waals surface area contributed by atoms with Gasteiger partial charge in [0.1, 0.15) is 0 Å². The minimum absolute atomic E-state index is 0.0913. The number of hydrogen-bond donors (Lipinski definition) is 1. The van der Waals surface area contributed by atoms with Crippen LogP contribution in [-0.2, 0) is 14.3 Å². The number of carbonyl (C=O) groups excluding carboxylic acids is 2. The van der Waals surface area contributed by atoms with Crippen molar-refractivity contribution in [2.24, 2.45) is 40.9 Å². The van der Waals surface area contributed by atoms with E-state index in [2.05, 4.69) is 5.32 Å². The van der Waals surface area contributed by atoms with Gasteiger partial charge < -0.3 is 10.1 Å². The fourth-order valence-corrected chi connectivity index (χ4v) is 7.89. The molecule has 6 aliphatic carbocycles. The van der Waals surface area contributed by atoms with Gasteiger partial charge in [-0.05, 0) is 98.7 Å². The molecule has 0 saturated heterocycles. The molecule has 4 nitrogen and oxygen atoms in total. The van der Waals surface area contributed by atoms with Crippen LogP contribution in [0.25, 0.3) is 0 Å². The molecular formula is C22H33NO3. The molecule has 6 rings (SSSR count). The fraction of sp³-hybridized carbons (Fsp3) is 0.909. The molecule has 6 bridgehead atoms. The molecule has 1 amide bonds. The molecule has 0 aromatic heterocycles. The summed E-state index contributed by atoms with van der Waals surface area (Å²) in [6, 6.07) is 0. The molecule has 0 aromatic carbocycles. The van der Waals surface area contributed by atoms with Gasteiger partial charge in [0, 0.05) is 13.0 Å². The minimum Gasteiger partial charge on any atom is -0.456 e. The summed E-state index contributed by atoms with van der Waals surface area (Å²) in [4.78, 5) is 24.3. The van der Waals surface area contributed by atoms with E-state index in [1.54, 1.807) is 0 Å². The van der Waals surface area contributed by atoms with Gasteiger partial charge in [-0.2, -0.15) is 0 Å². The lowest BCUT2D eigenvalue weighted by Gasteiger charge is -2.56. The van der Waals surface area contributed by atoms with Crippen LogP contribution in [0, 0.1) is 40.9 Å². The second kappa shape index (κ2) is 6.53. The van der Waals surface area contributed by atoms with E-state index < -0.39 is 0 Å². The summed E-state index contributed by atoms with van der Waals surface area (Å²) in [5, 5.41) is 3.10. The van der Waals surface area contributed by atoms with Gasteiger partial charge in [-0.25, -0.2) is 0 Å². The highest BCUT2D eigenvalue weighted by Crippen LogP contribution is 2.59. The fourth-order valence-electron chi connectivity index (χ4n) is 7.89. The molecule has 0 radical (unpaired) electrons. The zero-order valence-corrected chi connectivity index (χ0v) is 15.9. The zero-order chi connectivity index (χ0) is 17.7. The Balaban J connectivity index is 1.05. The van der Waals surface area contributed by atoms with Crippen LogP contribution in [0.3, 0.4) is 0 Å². The van der Waals surface area contributed by atoms with Crippen molar-refractivity contribution in [3.63, 3.8) is 0 Å². The van der Waals surface area contributed by atoms with Crippen molar-refractivity contribution in [3.05, 3.63) is 0 Å². The predicted molar refractivity (Wildman–Crippen MR) is 98.1 cm³/mol. The Kier molecular flexibility index (Phi) is 4.28. The molecule has 4 heteroatoms. The van der Waals surface area contributed by atoms with E-state index in [9.17, 15) is 9.59 Å². The Labute approximate surface area is 156 Å². The molecule has 0 heterocycles. The van der Waals surface area contributed by atoms with Crippen LogP contribution in [0.1, 0.15) is 70.6 Å². The van der Waals surface area contributed by atoms with Crippen LogP contribution in [0.5, 0.6) is 0 Å². The minimum atomic E-state index is -0.174. The highest BCUT2D eigenvalue weighted by Gasteiger charge is 2.50. The topological polar surface area (TPSA) is 55.4 Å². The first-order valence-electron chi connectivity index (χ1n) is 11.0. The van der Waals surface area contributed by atoms with Crippen LogP contribution < -0.4 is 5.32 Å². The van der Waals surface area contributed by atoms with Crippen molar-refractivity contribution in [2.75, 3.05) is 13.2 Å². The summed E-state index contributed by atoms with van der Waals surface area (Å²) in [6.45, 7) is 0.700. The molecule has 6 fully saturated rings. The summed E-state index contributed by atoms with van der Waals surface area (Å²) < 4.78 is 5.29. The molecule has 0 unspecified atom stereocenters. The van der Waals surface area contributed by atoms with E-state index in [4.69, 9.17) is 4.74 Å². The first-order chi connectivity index (χ1) is 12.6. The van der Waals surface area contributed by atoms with Gasteiger partial charge in [0.15, 0.2) is 6.61 Å². The largest absolute Gasteiger partial charge is 0.456 e. The van der Waals surface area contributed by atoms with Gasteiger partial charge in [-0.3, -0.25) is 9.59 Å². The lowest BCUT2D eigenvalue weighted by molar-refractivity contribution is -0.150. The molecule has 26 heavy (non-hydrogen) atoms. The normalized spacial score (nSPS) is 45.1. The van der Waals surface area contributed by atoms with Crippen LogP contribution in [-0.4, -0.2) is 25.0 Å². The number of fused-ring (bicyclic) bond motifs is 2. The summed E-state index contributed by atoms with van der Waals surface area (Å²) in [5.74, 6) is 4.51. The third-order valence-electron chi connectivity index (χ3n) is 8.50. The number of ether oxygens (including phenoxy) is 1. The van der Waals surface area contributed by atoms with Crippen LogP contribution in [0.15, 0.2) is 0 Å². The van der Waals surface area contributed by atoms with Crippen molar-refractivity contribution in [3.8, 4) is 0 Å². The second-order valence-electron chi connectivity index (χ2n) is 10.5. The number of amides is 1. The quantitative estimate of drug-likeness (QED) is 0.736. The molecule has 144 valence electrons. The number of rotatable bonds is 6. The first kappa shape index (κ1) is 17.1. The third-order valence-corrected chi connectivity index (χ3v) is 8.50. The van der Waals surface area contributed by atoms with Crippen LogP contribution in [0.4, 0.5) is 0 Å². The SMILES string of the molecule is O=C(COC(=O)C[C@H]1C[C@@H]2CC[C@H]1C2)NCC12CC3CC(CC(C3)C1)C2. The summed E-state index contributed by atoms with van der Waals surface area (Å²) in [7, 11) is 0. The van der Waals surface area contributed by atoms with Crippen molar-refractivity contribution >= 4 is 11.9 Å². The standard InChI is InChI=1S/C22H33NO3/c24-20(12-26-21(25)8-19-7-14-1-2-18(19)6-14)23-13-22-9-15-3-16(10-22)5-17(4-15)11-22/h14-19H,1-13H2,(H,23,24)/t14-,15?,16?,17?,18+,19-,22?/m1/s1. The molecule has 0 aromatic rings. The van der Waals surface area contributed by atoms with E-state index in [0.717, 1.165) is 36.1 Å². The van der Waals surface area contributed by atoms with Crippen LogP contribution in [0.2, 0.25) is 0 Å². The maximum atomic E-state index is 12.2. The molecule has 1 N–H and O–H groups in total. The van der Waals surface area contributed by atoms with E-state index in [0.29, 0.717) is 17.8 Å². The van der Waals surface area contributed by atoms with Crippen molar-refractivity contribution in [1.82, 2.24) is 5.32 Å². The Morgan fingerprint density at radius 1 is 0.885 bits per heavy atom. The van der Waals surface area contributed by atoms with Gasteiger partial charge in [0.2, 0.25) is 0 Å². The lowest BCUT2D eigenvalue weighted by atomic mass is 9.49. The lowest BCUT2D eigenvalue weighted by Crippen LogP contribution is -2.51. The summed E-state index contributed by atoms with van der Waals surface area (Å²) >= 11 is 0. The average Bonchev–Trinajstić information content (AvgIpc) is 3.20. The van der Waals surface area contributed by atoms with Gasteiger partial charge in [0.25, 0.3) is 5.91 Å². The second-order valence-corrected chi connectivity index (χ2v) is 10.5. The highest BCUT2D eigenvalue weighted by molar-refractivity contribution is 5.80. The Morgan fingerprint density at radius 3 is 2.15 bits per heavy atom. The summed E-state index contributed by atoms with van der Waals surface area (Å²) in [5.41, 5.74) is 0.345. The van der Waals surface area contributed by atoms with Crippen molar-refractivity contribution in [1.29, 1.82) is 0 Å². The van der Waals surface area contributed by atoms with Gasteiger partial charge >= 0.3 is 5.97 Å². The first-order valence-corrected chi connectivity index (χ1v) is 11.0. The van der Waals surface area contributed by atoms with Gasteiger partial charge in [-0.1, -0.05) is 6.42 Å². The number of carbonyl (C=O) groups is 2. The zero-order valence-electron chi connectivity index (χ0n) is 15.9. The van der Waals surface area contributed by atoms with Crippen molar-refractivity contribution < 1.29 is 14.3 Å². The third kappa shape index (κ3) is 3.29.